The highest BCUT2D eigenvalue weighted by Crippen LogP contribution is 2.54. The van der Waals surface area contributed by atoms with Crippen molar-refractivity contribution < 1.29 is 39.6 Å². The lowest BCUT2D eigenvalue weighted by atomic mass is 9.58. The summed E-state index contributed by atoms with van der Waals surface area (Å²) < 4.78 is 0.815. The zero-order chi connectivity index (χ0) is 31.7. The number of piperidine rings is 1. The Kier molecular flexibility index (Phi) is 7.74. The van der Waals surface area contributed by atoms with Crippen molar-refractivity contribution in [3.8, 4) is 5.75 Å². The number of aliphatic hydroxyl groups is 3. The van der Waals surface area contributed by atoms with Crippen molar-refractivity contribution in [3.63, 3.8) is 0 Å². The summed E-state index contributed by atoms with van der Waals surface area (Å²) in [5, 5.41) is 48.9. The van der Waals surface area contributed by atoms with Gasteiger partial charge in [0, 0.05) is 49.0 Å². The summed E-state index contributed by atoms with van der Waals surface area (Å²) in [6.45, 7) is 1.27. The number of fused-ring (bicyclic) bond motifs is 3. The highest BCUT2D eigenvalue weighted by Gasteiger charge is 2.63. The summed E-state index contributed by atoms with van der Waals surface area (Å²) in [5.74, 6) is -8.31. The highest BCUT2D eigenvalue weighted by molar-refractivity contribution is 6.37. The van der Waals surface area contributed by atoms with Crippen LogP contribution in [0, 0.1) is 17.8 Å². The molecule has 1 aliphatic heterocycles. The molecule has 1 fully saturated rings. The topological polar surface area (TPSA) is 197 Å². The standard InChI is InChI=1S/C29H36ClN5O8/c1-33(2)16-11-17(35(30)28(42)12-5-7-32-8-6-12)22(36)19-14(16)9-13-10-15-21(34(3)4)24(38)20(27(31)41)26(40)29(15,43)25(39)18(13)23(19)37/h11-13,15,21,32,36,38-39,43H,5-10H2,1-4H3,(H2,31,41)/t13-,15-,21-,29-/m0/s1. The van der Waals surface area contributed by atoms with Crippen LogP contribution in [0.4, 0.5) is 11.4 Å². The number of carbonyl (C=O) groups excluding carboxylic acids is 4. The van der Waals surface area contributed by atoms with Crippen LogP contribution < -0.4 is 20.4 Å². The third-order valence-corrected chi connectivity index (χ3v) is 9.60. The number of ketones is 2. The fraction of sp³-hybridized carbons (Fsp3) is 0.517. The van der Waals surface area contributed by atoms with Gasteiger partial charge in [0.05, 0.1) is 11.6 Å². The minimum Gasteiger partial charge on any atom is -0.510 e. The van der Waals surface area contributed by atoms with Crippen LogP contribution >= 0.6 is 11.8 Å². The lowest BCUT2D eigenvalue weighted by Crippen LogP contribution is -2.63. The van der Waals surface area contributed by atoms with Crippen LogP contribution in [0.1, 0.15) is 35.2 Å². The Morgan fingerprint density at radius 2 is 1.70 bits per heavy atom. The van der Waals surface area contributed by atoms with Gasteiger partial charge in [0.2, 0.25) is 11.7 Å². The summed E-state index contributed by atoms with van der Waals surface area (Å²) in [5.41, 5.74) is 2.09. The molecule has 0 saturated carbocycles. The van der Waals surface area contributed by atoms with Crippen LogP contribution in [-0.2, 0) is 20.8 Å². The number of benzene rings is 1. The summed E-state index contributed by atoms with van der Waals surface area (Å²) in [6.07, 6.45) is 1.18. The summed E-state index contributed by atoms with van der Waals surface area (Å²) in [6, 6.07) is 0.446. The van der Waals surface area contributed by atoms with Crippen LogP contribution in [0.2, 0.25) is 0 Å². The van der Waals surface area contributed by atoms with Gasteiger partial charge in [-0.05, 0) is 70.4 Å². The number of phenolic OH excluding ortho intramolecular Hbond substituents is 1. The van der Waals surface area contributed by atoms with Crippen LogP contribution in [0.3, 0.4) is 0 Å². The molecule has 1 heterocycles. The predicted molar refractivity (Wildman–Crippen MR) is 157 cm³/mol. The molecule has 0 spiro atoms. The number of aromatic hydroxyl groups is 1. The molecule has 0 unspecified atom stereocenters. The van der Waals surface area contributed by atoms with E-state index in [9.17, 15) is 39.6 Å². The minimum atomic E-state index is -2.74. The molecule has 14 heteroatoms. The Bertz CT molecular complexity index is 1500. The van der Waals surface area contributed by atoms with E-state index in [0.717, 1.165) is 4.42 Å². The van der Waals surface area contributed by atoms with Crippen LogP contribution in [0.5, 0.6) is 5.75 Å². The number of Topliss-reactive ketones (excluding diaryl/α,β-unsaturated/α-hetero) is 2. The Hall–Kier alpha value is -3.65. The zero-order valence-corrected chi connectivity index (χ0v) is 25.1. The molecule has 3 aliphatic carbocycles. The van der Waals surface area contributed by atoms with Crippen molar-refractivity contribution in [1.82, 2.24) is 10.2 Å². The number of carbonyl (C=O) groups is 4. The Morgan fingerprint density at radius 1 is 1.07 bits per heavy atom. The molecular formula is C29H36ClN5O8. The average molecular weight is 618 g/mol. The van der Waals surface area contributed by atoms with Gasteiger partial charge in [-0.1, -0.05) is 0 Å². The number of allylic oxidation sites excluding steroid dienone is 1. The molecule has 0 radical (unpaired) electrons. The van der Waals surface area contributed by atoms with Crippen LogP contribution in [0.15, 0.2) is 28.7 Å². The molecule has 0 bridgehead atoms. The second-order valence-electron chi connectivity index (χ2n) is 12.1. The second kappa shape index (κ2) is 10.8. The number of nitrogens with one attached hydrogen (secondary N) is 1. The molecule has 1 aromatic carbocycles. The number of hydrogen-bond acceptors (Lipinski definition) is 11. The number of phenols is 1. The largest absolute Gasteiger partial charge is 0.510 e. The van der Waals surface area contributed by atoms with E-state index in [-0.39, 0.29) is 35.6 Å². The maximum absolute atomic E-state index is 14.2. The van der Waals surface area contributed by atoms with Gasteiger partial charge in [-0.2, -0.15) is 0 Å². The molecule has 4 aliphatic rings. The van der Waals surface area contributed by atoms with Crippen molar-refractivity contribution >= 4 is 46.5 Å². The number of primary amides is 1. The van der Waals surface area contributed by atoms with Gasteiger partial charge in [-0.3, -0.25) is 24.1 Å². The van der Waals surface area contributed by atoms with E-state index >= 15 is 0 Å². The molecule has 13 nitrogen and oxygen atoms in total. The lowest BCUT2D eigenvalue weighted by Gasteiger charge is -2.50. The predicted octanol–water partition coefficient (Wildman–Crippen LogP) is 0.673. The first-order valence-corrected chi connectivity index (χ1v) is 14.4. The van der Waals surface area contributed by atoms with Crippen LogP contribution in [0.25, 0.3) is 0 Å². The molecule has 232 valence electrons. The van der Waals surface area contributed by atoms with E-state index in [0.29, 0.717) is 37.2 Å². The molecule has 1 saturated heterocycles. The van der Waals surface area contributed by atoms with Crippen LogP contribution in [-0.4, -0.2) is 102 Å². The molecule has 0 aromatic heterocycles. The van der Waals surface area contributed by atoms with Crippen molar-refractivity contribution in [2.75, 3.05) is 50.6 Å². The first-order valence-electron chi connectivity index (χ1n) is 14.1. The summed E-state index contributed by atoms with van der Waals surface area (Å²) in [7, 11) is 6.60. The van der Waals surface area contributed by atoms with E-state index < -0.39 is 69.7 Å². The molecular weight excluding hydrogens is 582 g/mol. The first-order chi connectivity index (χ1) is 20.1. The molecule has 4 atom stereocenters. The Morgan fingerprint density at radius 3 is 2.26 bits per heavy atom. The van der Waals surface area contributed by atoms with Gasteiger partial charge in [0.15, 0.2) is 17.1 Å². The van der Waals surface area contributed by atoms with Gasteiger partial charge in [-0.25, -0.2) is 4.42 Å². The molecule has 5 rings (SSSR count). The fourth-order valence-corrected chi connectivity index (χ4v) is 7.45. The van der Waals surface area contributed by atoms with Gasteiger partial charge < -0.3 is 36.4 Å². The van der Waals surface area contributed by atoms with E-state index in [1.54, 1.807) is 33.1 Å². The maximum atomic E-state index is 14.2. The zero-order valence-electron chi connectivity index (χ0n) is 24.3. The van der Waals surface area contributed by atoms with Gasteiger partial charge in [0.25, 0.3) is 5.91 Å². The van der Waals surface area contributed by atoms with E-state index in [4.69, 9.17) is 17.5 Å². The number of anilines is 2. The average Bonchev–Trinajstić information content (AvgIpc) is 2.94. The number of halogens is 1. The summed E-state index contributed by atoms with van der Waals surface area (Å²) in [4.78, 5) is 56.4. The monoisotopic (exact) mass is 617 g/mol. The highest BCUT2D eigenvalue weighted by atomic mass is 35.5. The van der Waals surface area contributed by atoms with E-state index in [1.807, 2.05) is 0 Å². The van der Waals surface area contributed by atoms with Crippen molar-refractivity contribution in [3.05, 3.63) is 39.9 Å². The van der Waals surface area contributed by atoms with E-state index in [2.05, 4.69) is 5.32 Å². The molecule has 1 aromatic rings. The molecule has 7 N–H and O–H groups in total. The maximum Gasteiger partial charge on any atom is 0.255 e. The SMILES string of the molecule is CN(C)c1cc(N(Cl)C(=O)C2CCNCC2)c(O)c2c1C[C@H]1C[C@H]3[C@H](N(C)C)C(O)=C(C(N)=O)C(=O)[C@@]3(O)C(O)=C1C2=O. The number of aliphatic hydroxyl groups excluding tert-OH is 2. The number of amides is 2. The van der Waals surface area contributed by atoms with Gasteiger partial charge in [-0.15, -0.1) is 0 Å². The number of nitrogens with two attached hydrogens (primary N) is 1. The Balaban J connectivity index is 1.67. The number of rotatable bonds is 5. The van der Waals surface area contributed by atoms with E-state index in [1.165, 1.54) is 11.0 Å². The third-order valence-electron chi connectivity index (χ3n) is 9.25. The first kappa shape index (κ1) is 30.8. The van der Waals surface area contributed by atoms with Gasteiger partial charge >= 0.3 is 0 Å². The Labute approximate surface area is 253 Å². The van der Waals surface area contributed by atoms with Crippen molar-refractivity contribution in [2.45, 2.75) is 37.3 Å². The number of likely N-dealkylation sites (N-methyl/N-ethyl adjacent to an activating group) is 1. The summed E-state index contributed by atoms with van der Waals surface area (Å²) >= 11 is 6.52. The van der Waals surface area contributed by atoms with Crippen molar-refractivity contribution in [1.29, 1.82) is 0 Å². The fourth-order valence-electron chi connectivity index (χ4n) is 7.18. The normalized spacial score (nSPS) is 27.6. The third kappa shape index (κ3) is 4.48. The quantitative estimate of drug-likeness (QED) is 0.201. The minimum absolute atomic E-state index is 0.0308. The molecule has 2 amide bonds. The number of nitrogens with zero attached hydrogens (tertiary/aromatic N) is 3. The smallest absolute Gasteiger partial charge is 0.255 e. The second-order valence-corrected chi connectivity index (χ2v) is 12.5. The number of hydrogen-bond donors (Lipinski definition) is 6. The lowest BCUT2D eigenvalue weighted by molar-refractivity contribution is -0.148. The molecule has 43 heavy (non-hydrogen) atoms. The van der Waals surface area contributed by atoms with Crippen molar-refractivity contribution in [2.24, 2.45) is 23.5 Å². The van der Waals surface area contributed by atoms with Gasteiger partial charge in [0.1, 0.15) is 22.8 Å².